The highest BCUT2D eigenvalue weighted by atomic mass is 32.1. The maximum Gasteiger partial charge on any atom is 0.0300 e. The second-order valence-electron chi connectivity index (χ2n) is 5.01. The molecule has 1 aromatic rings. The van der Waals surface area contributed by atoms with E-state index in [1.807, 2.05) is 11.3 Å². The van der Waals surface area contributed by atoms with Gasteiger partial charge in [0.15, 0.2) is 0 Å². The predicted molar refractivity (Wildman–Crippen MR) is 71.0 cm³/mol. The lowest BCUT2D eigenvalue weighted by Crippen LogP contribution is -2.39. The highest BCUT2D eigenvalue weighted by Gasteiger charge is 2.31. The Bertz CT molecular complexity index is 326. The Labute approximate surface area is 103 Å². The van der Waals surface area contributed by atoms with Crippen LogP contribution in [0.4, 0.5) is 0 Å². The first-order chi connectivity index (χ1) is 7.66. The Morgan fingerprint density at radius 2 is 2.19 bits per heavy atom. The lowest BCUT2D eigenvalue weighted by molar-refractivity contribution is 0.255. The van der Waals surface area contributed by atoms with E-state index in [-0.39, 0.29) is 0 Å². The molecule has 0 bridgehead atoms. The molecule has 16 heavy (non-hydrogen) atoms. The van der Waals surface area contributed by atoms with Gasteiger partial charge in [0.05, 0.1) is 0 Å². The van der Waals surface area contributed by atoms with Crippen LogP contribution in [-0.2, 0) is 6.54 Å². The first kappa shape index (κ1) is 12.1. The Morgan fingerprint density at radius 3 is 2.69 bits per heavy atom. The van der Waals surface area contributed by atoms with Gasteiger partial charge in [-0.1, -0.05) is 0 Å². The van der Waals surface area contributed by atoms with Crippen LogP contribution in [-0.4, -0.2) is 31.6 Å². The highest BCUT2D eigenvalue weighted by molar-refractivity contribution is 7.11. The molecule has 2 nitrogen and oxygen atoms in total. The van der Waals surface area contributed by atoms with Gasteiger partial charge in [-0.2, -0.15) is 0 Å². The number of thiophene rings is 1. The van der Waals surface area contributed by atoms with Crippen LogP contribution in [0.25, 0.3) is 0 Å². The molecule has 1 fully saturated rings. The van der Waals surface area contributed by atoms with Gasteiger partial charge in [0, 0.05) is 28.9 Å². The molecular formula is C13H22N2S. The second-order valence-corrected chi connectivity index (χ2v) is 6.38. The van der Waals surface area contributed by atoms with Crippen LogP contribution in [0.15, 0.2) is 12.1 Å². The van der Waals surface area contributed by atoms with Crippen LogP contribution in [0.3, 0.4) is 0 Å². The molecule has 1 aromatic heterocycles. The van der Waals surface area contributed by atoms with Crippen LogP contribution in [0.5, 0.6) is 0 Å². The van der Waals surface area contributed by atoms with Crippen molar-refractivity contribution in [1.82, 2.24) is 10.2 Å². The number of hydrogen-bond donors (Lipinski definition) is 1. The highest BCUT2D eigenvalue weighted by Crippen LogP contribution is 2.34. The van der Waals surface area contributed by atoms with Crippen molar-refractivity contribution in [2.45, 2.75) is 32.4 Å². The third-order valence-electron chi connectivity index (χ3n) is 3.28. The van der Waals surface area contributed by atoms with Crippen LogP contribution in [0, 0.1) is 12.8 Å². The minimum atomic E-state index is 0.723. The number of hydrogen-bond acceptors (Lipinski definition) is 3. The molecule has 1 aliphatic rings. The van der Waals surface area contributed by atoms with E-state index >= 15 is 0 Å². The average Bonchev–Trinajstić information content (AvgIpc) is 2.97. The maximum absolute atomic E-state index is 3.59. The molecular weight excluding hydrogens is 216 g/mol. The fourth-order valence-electron chi connectivity index (χ4n) is 2.18. The van der Waals surface area contributed by atoms with E-state index in [0.717, 1.165) is 25.0 Å². The van der Waals surface area contributed by atoms with Gasteiger partial charge in [-0.3, -0.25) is 0 Å². The first-order valence-corrected chi connectivity index (χ1v) is 6.91. The standard InChI is InChI=1S/C13H22N2S/c1-10-4-7-12(16-10)8-14-9-13(15(2)3)11-5-6-11/h4,7,11,13-14H,5-6,8-9H2,1-3H3. The Morgan fingerprint density at radius 1 is 1.44 bits per heavy atom. The summed E-state index contributed by atoms with van der Waals surface area (Å²) in [6.07, 6.45) is 2.84. The van der Waals surface area contributed by atoms with Crippen LogP contribution >= 0.6 is 11.3 Å². The summed E-state index contributed by atoms with van der Waals surface area (Å²) < 4.78 is 0. The minimum Gasteiger partial charge on any atom is -0.310 e. The van der Waals surface area contributed by atoms with E-state index < -0.39 is 0 Å². The van der Waals surface area contributed by atoms with Crippen LogP contribution < -0.4 is 5.32 Å². The molecule has 0 radical (unpaired) electrons. The monoisotopic (exact) mass is 238 g/mol. The summed E-state index contributed by atoms with van der Waals surface area (Å²) in [6, 6.07) is 5.15. The average molecular weight is 238 g/mol. The summed E-state index contributed by atoms with van der Waals surface area (Å²) >= 11 is 1.90. The predicted octanol–water partition coefficient (Wildman–Crippen LogP) is 2.49. The van der Waals surface area contributed by atoms with Crippen molar-refractivity contribution in [3.63, 3.8) is 0 Å². The van der Waals surface area contributed by atoms with Crippen molar-refractivity contribution < 1.29 is 0 Å². The van der Waals surface area contributed by atoms with Gasteiger partial charge in [0.1, 0.15) is 0 Å². The van der Waals surface area contributed by atoms with Gasteiger partial charge < -0.3 is 10.2 Å². The summed E-state index contributed by atoms with van der Waals surface area (Å²) in [5.41, 5.74) is 0. The van der Waals surface area contributed by atoms with Crippen molar-refractivity contribution in [2.75, 3.05) is 20.6 Å². The second kappa shape index (κ2) is 5.30. The van der Waals surface area contributed by atoms with Gasteiger partial charge in [-0.15, -0.1) is 11.3 Å². The molecule has 90 valence electrons. The Hall–Kier alpha value is -0.380. The topological polar surface area (TPSA) is 15.3 Å². The summed E-state index contributed by atoms with van der Waals surface area (Å²) in [5, 5.41) is 3.59. The largest absolute Gasteiger partial charge is 0.310 e. The number of likely N-dealkylation sites (N-methyl/N-ethyl adjacent to an activating group) is 1. The van der Waals surface area contributed by atoms with Gasteiger partial charge in [0.2, 0.25) is 0 Å². The molecule has 1 aliphatic carbocycles. The molecule has 1 unspecified atom stereocenters. The molecule has 1 N–H and O–H groups in total. The van der Waals surface area contributed by atoms with Gasteiger partial charge >= 0.3 is 0 Å². The molecule has 0 aromatic carbocycles. The number of rotatable bonds is 6. The third kappa shape index (κ3) is 3.30. The summed E-state index contributed by atoms with van der Waals surface area (Å²) in [6.45, 7) is 4.31. The zero-order valence-electron chi connectivity index (χ0n) is 10.5. The van der Waals surface area contributed by atoms with Crippen molar-refractivity contribution in [3.05, 3.63) is 21.9 Å². The normalized spacial score (nSPS) is 18.0. The van der Waals surface area contributed by atoms with E-state index in [1.165, 1.54) is 22.6 Å². The van der Waals surface area contributed by atoms with E-state index in [0.29, 0.717) is 0 Å². The molecule has 0 saturated heterocycles. The third-order valence-corrected chi connectivity index (χ3v) is 4.28. The molecule has 2 rings (SSSR count). The molecule has 0 amide bonds. The molecule has 1 heterocycles. The van der Waals surface area contributed by atoms with Gasteiger partial charge in [-0.25, -0.2) is 0 Å². The quantitative estimate of drug-likeness (QED) is 0.819. The van der Waals surface area contributed by atoms with Crippen molar-refractivity contribution in [1.29, 1.82) is 0 Å². The first-order valence-electron chi connectivity index (χ1n) is 6.09. The van der Waals surface area contributed by atoms with E-state index in [9.17, 15) is 0 Å². The Kier molecular flexibility index (Phi) is 4.00. The molecule has 0 aliphatic heterocycles. The lowest BCUT2D eigenvalue weighted by atomic mass is 10.1. The van der Waals surface area contributed by atoms with Gasteiger partial charge in [-0.05, 0) is 51.9 Å². The van der Waals surface area contributed by atoms with Gasteiger partial charge in [0.25, 0.3) is 0 Å². The molecule has 1 atom stereocenters. The van der Waals surface area contributed by atoms with E-state index in [4.69, 9.17) is 0 Å². The fourth-order valence-corrected chi connectivity index (χ4v) is 3.04. The molecule has 3 heteroatoms. The number of aryl methyl sites for hydroxylation is 1. The SMILES string of the molecule is Cc1ccc(CNCC(C2CC2)N(C)C)s1. The van der Waals surface area contributed by atoms with Crippen molar-refractivity contribution in [2.24, 2.45) is 5.92 Å². The van der Waals surface area contributed by atoms with E-state index in [2.05, 4.69) is 43.4 Å². The summed E-state index contributed by atoms with van der Waals surface area (Å²) in [5.74, 6) is 0.938. The van der Waals surface area contributed by atoms with E-state index in [1.54, 1.807) is 0 Å². The molecule has 0 spiro atoms. The van der Waals surface area contributed by atoms with Crippen molar-refractivity contribution in [3.8, 4) is 0 Å². The number of nitrogens with zero attached hydrogens (tertiary/aromatic N) is 1. The zero-order chi connectivity index (χ0) is 11.5. The minimum absolute atomic E-state index is 0.723. The summed E-state index contributed by atoms with van der Waals surface area (Å²) in [7, 11) is 4.39. The lowest BCUT2D eigenvalue weighted by Gasteiger charge is -2.24. The molecule has 1 saturated carbocycles. The number of nitrogens with one attached hydrogen (secondary N) is 1. The van der Waals surface area contributed by atoms with Crippen molar-refractivity contribution >= 4 is 11.3 Å². The zero-order valence-corrected chi connectivity index (χ0v) is 11.3. The Balaban J connectivity index is 1.74. The fraction of sp³-hybridized carbons (Fsp3) is 0.692. The van der Waals surface area contributed by atoms with Crippen LogP contribution in [0.2, 0.25) is 0 Å². The summed E-state index contributed by atoms with van der Waals surface area (Å²) in [4.78, 5) is 5.22. The van der Waals surface area contributed by atoms with Crippen LogP contribution in [0.1, 0.15) is 22.6 Å². The maximum atomic E-state index is 3.59. The smallest absolute Gasteiger partial charge is 0.0300 e.